The lowest BCUT2D eigenvalue weighted by Gasteiger charge is -1.90. The molecule has 1 heterocycles. The maximum atomic E-state index is 3.28. The van der Waals surface area contributed by atoms with E-state index in [0.29, 0.717) is 0 Å². The number of nitrogens with one attached hydrogen (secondary N) is 1. The number of hydrogen-bond acceptors (Lipinski definition) is 1. The van der Waals surface area contributed by atoms with Crippen molar-refractivity contribution >= 4 is 8.58 Å². The zero-order valence-corrected chi connectivity index (χ0v) is 4.99. The van der Waals surface area contributed by atoms with Crippen LogP contribution in [0.15, 0.2) is 0 Å². The van der Waals surface area contributed by atoms with Crippen molar-refractivity contribution in [3.05, 3.63) is 0 Å². The summed E-state index contributed by atoms with van der Waals surface area (Å²) in [7, 11) is 1.17. The molecule has 0 radical (unpaired) electrons. The first-order valence-corrected chi connectivity index (χ1v) is 3.62. The van der Waals surface area contributed by atoms with Crippen LogP contribution in [0.1, 0.15) is 6.92 Å². The van der Waals surface area contributed by atoms with Crippen LogP contribution in [0.2, 0.25) is 0 Å². The van der Waals surface area contributed by atoms with Crippen LogP contribution in [-0.4, -0.2) is 18.5 Å². The summed E-state index contributed by atoms with van der Waals surface area (Å²) in [6, 6.07) is 0. The molecule has 0 aromatic rings. The van der Waals surface area contributed by atoms with Crippen LogP contribution in [0.3, 0.4) is 0 Å². The van der Waals surface area contributed by atoms with Gasteiger partial charge in [0.05, 0.1) is 0 Å². The Labute approximate surface area is 40.3 Å². The van der Waals surface area contributed by atoms with Crippen molar-refractivity contribution in [2.24, 2.45) is 0 Å². The van der Waals surface area contributed by atoms with Gasteiger partial charge in [-0.2, -0.15) is 0 Å². The van der Waals surface area contributed by atoms with E-state index in [1.807, 2.05) is 0 Å². The van der Waals surface area contributed by atoms with Crippen molar-refractivity contribution in [1.82, 2.24) is 5.32 Å². The summed E-state index contributed by atoms with van der Waals surface area (Å²) in [5.74, 6) is 0. The third-order valence-corrected chi connectivity index (χ3v) is 2.38. The molecular formula is C4H10NP. The Morgan fingerprint density at radius 3 is 2.83 bits per heavy atom. The Balaban J connectivity index is 2.18. The minimum Gasteiger partial charge on any atom is -0.312 e. The quantitative estimate of drug-likeness (QED) is 0.443. The Kier molecular flexibility index (Phi) is 1.44. The predicted molar refractivity (Wildman–Crippen MR) is 30.6 cm³/mol. The molecule has 1 rings (SSSR count). The number of hydrogen-bond donors (Lipinski definition) is 1. The van der Waals surface area contributed by atoms with E-state index in [2.05, 4.69) is 12.2 Å². The fourth-order valence-corrected chi connectivity index (χ4v) is 1.53. The molecule has 1 unspecified atom stereocenters. The largest absolute Gasteiger partial charge is 0.312 e. The lowest BCUT2D eigenvalue weighted by atomic mass is 10.5. The first-order chi connectivity index (χ1) is 2.89. The van der Waals surface area contributed by atoms with Gasteiger partial charge < -0.3 is 5.32 Å². The van der Waals surface area contributed by atoms with Crippen molar-refractivity contribution < 1.29 is 0 Å². The smallest absolute Gasteiger partial charge is 0.0130 e. The van der Waals surface area contributed by atoms with Crippen LogP contribution in [0.25, 0.3) is 0 Å². The van der Waals surface area contributed by atoms with E-state index in [-0.39, 0.29) is 0 Å². The molecule has 2 atom stereocenters. The summed E-state index contributed by atoms with van der Waals surface area (Å²) in [4.78, 5) is 0. The van der Waals surface area contributed by atoms with E-state index in [9.17, 15) is 0 Å². The molecule has 0 aromatic heterocycles. The molecule has 1 fully saturated rings. The highest BCUT2D eigenvalue weighted by atomic mass is 31.1. The molecule has 1 saturated heterocycles. The lowest BCUT2D eigenvalue weighted by Crippen LogP contribution is -2.09. The molecule has 2 heteroatoms. The summed E-state index contributed by atoms with van der Waals surface area (Å²) < 4.78 is 0. The van der Waals surface area contributed by atoms with E-state index in [0.717, 1.165) is 5.66 Å². The summed E-state index contributed by atoms with van der Waals surface area (Å²) >= 11 is 0. The van der Waals surface area contributed by atoms with Crippen LogP contribution in [-0.2, 0) is 0 Å². The van der Waals surface area contributed by atoms with Crippen molar-refractivity contribution in [3.63, 3.8) is 0 Å². The molecule has 0 saturated carbocycles. The van der Waals surface area contributed by atoms with Crippen LogP contribution >= 0.6 is 8.58 Å². The SMILES string of the molecule is C[C@@H]1CNCP1. The van der Waals surface area contributed by atoms with Crippen LogP contribution in [0.5, 0.6) is 0 Å². The van der Waals surface area contributed by atoms with Gasteiger partial charge in [-0.3, -0.25) is 0 Å². The van der Waals surface area contributed by atoms with Crippen LogP contribution in [0.4, 0.5) is 0 Å². The minimum absolute atomic E-state index is 0.963. The average Bonchev–Trinajstić information content (AvgIpc) is 1.86. The van der Waals surface area contributed by atoms with Crippen molar-refractivity contribution in [2.75, 3.05) is 12.8 Å². The van der Waals surface area contributed by atoms with Gasteiger partial charge >= 0.3 is 0 Å². The molecule has 0 spiro atoms. The monoisotopic (exact) mass is 103 g/mol. The molecule has 1 aliphatic heterocycles. The van der Waals surface area contributed by atoms with E-state index in [1.165, 1.54) is 21.4 Å². The van der Waals surface area contributed by atoms with E-state index >= 15 is 0 Å². The third kappa shape index (κ3) is 0.924. The van der Waals surface area contributed by atoms with Gasteiger partial charge in [-0.1, -0.05) is 6.92 Å². The Morgan fingerprint density at radius 1 is 1.83 bits per heavy atom. The lowest BCUT2D eigenvalue weighted by molar-refractivity contribution is 0.813. The summed E-state index contributed by atoms with van der Waals surface area (Å²) in [6.07, 6.45) is 1.27. The molecule has 0 aromatic carbocycles. The Hall–Kier alpha value is 0.390. The maximum Gasteiger partial charge on any atom is 0.0130 e. The van der Waals surface area contributed by atoms with Gasteiger partial charge in [-0.15, -0.1) is 8.58 Å². The zero-order valence-electron chi connectivity index (χ0n) is 3.99. The molecule has 36 valence electrons. The van der Waals surface area contributed by atoms with Gasteiger partial charge in [-0.05, 0) is 5.66 Å². The molecule has 0 aliphatic carbocycles. The van der Waals surface area contributed by atoms with Gasteiger partial charge in [0.25, 0.3) is 0 Å². The second-order valence-electron chi connectivity index (χ2n) is 1.74. The zero-order chi connectivity index (χ0) is 4.41. The van der Waals surface area contributed by atoms with Crippen molar-refractivity contribution in [3.8, 4) is 0 Å². The minimum atomic E-state index is 0.963. The fourth-order valence-electron chi connectivity index (χ4n) is 0.607. The van der Waals surface area contributed by atoms with Crippen LogP contribution < -0.4 is 5.32 Å². The predicted octanol–water partition coefficient (Wildman–Crippen LogP) is 0.614. The molecule has 0 amide bonds. The highest BCUT2D eigenvalue weighted by molar-refractivity contribution is 7.39. The standard InChI is InChI=1S/C4H10NP/c1-4-2-5-3-6-4/h4-6H,2-3H2,1H3/t4-/m1/s1. The van der Waals surface area contributed by atoms with Crippen LogP contribution in [0, 0.1) is 0 Å². The van der Waals surface area contributed by atoms with Gasteiger partial charge in [0.2, 0.25) is 0 Å². The summed E-state index contributed by atoms with van der Waals surface area (Å²) in [6.45, 7) is 3.54. The maximum absolute atomic E-state index is 3.28. The van der Waals surface area contributed by atoms with Gasteiger partial charge in [0.15, 0.2) is 0 Å². The first-order valence-electron chi connectivity index (χ1n) is 2.33. The highest BCUT2D eigenvalue weighted by Crippen LogP contribution is 2.20. The number of rotatable bonds is 0. The van der Waals surface area contributed by atoms with Gasteiger partial charge in [0, 0.05) is 12.8 Å². The highest BCUT2D eigenvalue weighted by Gasteiger charge is 2.05. The van der Waals surface area contributed by atoms with Gasteiger partial charge in [-0.25, -0.2) is 0 Å². The van der Waals surface area contributed by atoms with E-state index in [1.54, 1.807) is 0 Å². The summed E-state index contributed by atoms with van der Waals surface area (Å²) in [5, 5.41) is 3.28. The Morgan fingerprint density at radius 2 is 2.67 bits per heavy atom. The molecule has 1 aliphatic rings. The van der Waals surface area contributed by atoms with E-state index in [4.69, 9.17) is 0 Å². The van der Waals surface area contributed by atoms with Crippen molar-refractivity contribution in [1.29, 1.82) is 0 Å². The average molecular weight is 103 g/mol. The third-order valence-electron chi connectivity index (χ3n) is 1.03. The fraction of sp³-hybridized carbons (Fsp3) is 1.00. The van der Waals surface area contributed by atoms with E-state index < -0.39 is 0 Å². The molecule has 6 heavy (non-hydrogen) atoms. The topological polar surface area (TPSA) is 12.0 Å². The van der Waals surface area contributed by atoms with Gasteiger partial charge in [0.1, 0.15) is 0 Å². The molecular weight excluding hydrogens is 93.0 g/mol. The Bertz CT molecular complexity index is 40.8. The second kappa shape index (κ2) is 1.90. The second-order valence-corrected chi connectivity index (χ2v) is 3.48. The van der Waals surface area contributed by atoms with Crippen molar-refractivity contribution in [2.45, 2.75) is 12.6 Å². The summed E-state index contributed by atoms with van der Waals surface area (Å²) in [5.41, 5.74) is 0.963. The molecule has 1 N–H and O–H groups in total. The first kappa shape index (κ1) is 4.55. The molecule has 0 bridgehead atoms. The molecule has 1 nitrogen and oxygen atoms in total. The normalized spacial score (nSPS) is 38.5.